The van der Waals surface area contributed by atoms with Gasteiger partial charge in [-0.05, 0) is 56.2 Å². The highest BCUT2D eigenvalue weighted by Crippen LogP contribution is 2.47. The molecule has 0 saturated carbocycles. The van der Waals surface area contributed by atoms with Crippen LogP contribution in [0.2, 0.25) is 0 Å². The Morgan fingerprint density at radius 3 is 2.60 bits per heavy atom. The van der Waals surface area contributed by atoms with Crippen molar-refractivity contribution >= 4 is 34.8 Å². The predicted octanol–water partition coefficient (Wildman–Crippen LogP) is 5.60. The molecule has 0 saturated heterocycles. The average molecular weight is 420 g/mol. The van der Waals surface area contributed by atoms with Gasteiger partial charge in [0.05, 0.1) is 34.8 Å². The number of nitrogens with zero attached hydrogens (tertiary/aromatic N) is 3. The van der Waals surface area contributed by atoms with Gasteiger partial charge in [-0.1, -0.05) is 36.9 Å². The van der Waals surface area contributed by atoms with Gasteiger partial charge in [-0.3, -0.25) is 4.79 Å². The fourth-order valence-electron chi connectivity index (χ4n) is 3.76. The Balaban J connectivity index is 1.72. The second kappa shape index (κ2) is 8.40. The van der Waals surface area contributed by atoms with E-state index in [1.165, 1.54) is 9.90 Å². The average Bonchev–Trinajstić information content (AvgIpc) is 3.27. The number of ether oxygens (including phenoxy) is 1. The van der Waals surface area contributed by atoms with Crippen LogP contribution in [0, 0.1) is 0 Å². The predicted molar refractivity (Wildman–Crippen MR) is 124 cm³/mol. The molecule has 2 heterocycles. The van der Waals surface area contributed by atoms with E-state index in [1.807, 2.05) is 43.3 Å². The number of rotatable bonds is 5. The van der Waals surface area contributed by atoms with Crippen molar-refractivity contribution in [3.63, 3.8) is 0 Å². The number of hydrazone groups is 1. The van der Waals surface area contributed by atoms with Crippen molar-refractivity contribution in [2.24, 2.45) is 5.10 Å². The van der Waals surface area contributed by atoms with Crippen LogP contribution in [-0.2, 0) is 4.79 Å². The first-order valence-corrected chi connectivity index (χ1v) is 10.9. The van der Waals surface area contributed by atoms with Gasteiger partial charge in [0.1, 0.15) is 5.75 Å². The van der Waals surface area contributed by atoms with E-state index < -0.39 is 0 Å². The normalized spacial score (nSPS) is 18.7. The number of benzene rings is 2. The molecule has 0 bridgehead atoms. The Labute approximate surface area is 181 Å². The lowest BCUT2D eigenvalue weighted by Gasteiger charge is -2.19. The van der Waals surface area contributed by atoms with Crippen LogP contribution >= 0.6 is 11.8 Å². The lowest BCUT2D eigenvalue weighted by atomic mass is 10.0. The summed E-state index contributed by atoms with van der Waals surface area (Å²) in [5.74, 6) is 0.771. The molecule has 0 unspecified atom stereocenters. The number of allylic oxidation sites excluding steroid dienone is 2. The third kappa shape index (κ3) is 3.52. The first-order chi connectivity index (χ1) is 14.6. The molecule has 5 nitrogen and oxygen atoms in total. The van der Waals surface area contributed by atoms with Gasteiger partial charge >= 0.3 is 0 Å². The van der Waals surface area contributed by atoms with Gasteiger partial charge in [-0.2, -0.15) is 10.1 Å². The van der Waals surface area contributed by atoms with Crippen LogP contribution in [0.5, 0.6) is 5.75 Å². The van der Waals surface area contributed by atoms with E-state index in [9.17, 15) is 4.79 Å². The van der Waals surface area contributed by atoms with Crippen molar-refractivity contribution in [3.05, 3.63) is 70.8 Å². The smallest absolute Gasteiger partial charge is 0.280 e. The van der Waals surface area contributed by atoms with Crippen LogP contribution < -0.4 is 14.6 Å². The molecule has 0 spiro atoms. The van der Waals surface area contributed by atoms with Crippen LogP contribution in [0.15, 0.2) is 80.8 Å². The summed E-state index contributed by atoms with van der Waals surface area (Å²) in [4.78, 5) is 16.7. The zero-order valence-electron chi connectivity index (χ0n) is 17.7. The molecule has 0 radical (unpaired) electrons. The number of amides is 1. The summed E-state index contributed by atoms with van der Waals surface area (Å²) in [6.07, 6.45) is 2.89. The van der Waals surface area contributed by atoms with Crippen LogP contribution in [-0.4, -0.2) is 25.3 Å². The van der Waals surface area contributed by atoms with E-state index in [1.54, 1.807) is 18.9 Å². The van der Waals surface area contributed by atoms with E-state index in [2.05, 4.69) is 42.1 Å². The summed E-state index contributed by atoms with van der Waals surface area (Å²) in [5.41, 5.74) is 4.37. The highest BCUT2D eigenvalue weighted by Gasteiger charge is 2.31. The number of methoxy groups -OCH3 is 1. The van der Waals surface area contributed by atoms with Crippen molar-refractivity contribution in [2.45, 2.75) is 32.1 Å². The van der Waals surface area contributed by atoms with Crippen molar-refractivity contribution in [2.75, 3.05) is 23.6 Å². The number of carbonyl (C=O) groups excluding carboxylic acids is 1. The zero-order valence-corrected chi connectivity index (χ0v) is 18.5. The summed E-state index contributed by atoms with van der Waals surface area (Å²) in [6.45, 7) is 6.95. The minimum absolute atomic E-state index is 0.0716. The van der Waals surface area contributed by atoms with E-state index in [0.29, 0.717) is 5.57 Å². The Kier molecular flexibility index (Phi) is 5.68. The van der Waals surface area contributed by atoms with Gasteiger partial charge in [0.25, 0.3) is 5.91 Å². The maximum absolute atomic E-state index is 13.2. The molecule has 0 fully saturated rings. The second-order valence-corrected chi connectivity index (χ2v) is 8.12. The Morgan fingerprint density at radius 2 is 1.93 bits per heavy atom. The van der Waals surface area contributed by atoms with Gasteiger partial charge in [0.2, 0.25) is 0 Å². The topological polar surface area (TPSA) is 45.1 Å². The minimum Gasteiger partial charge on any atom is -0.497 e. The Hall–Kier alpha value is -2.99. The minimum atomic E-state index is -0.0716. The summed E-state index contributed by atoms with van der Waals surface area (Å²) in [6, 6.07) is 15.7. The number of anilines is 2. The number of hydrogen-bond donors (Lipinski definition) is 0. The molecule has 1 amide bonds. The van der Waals surface area contributed by atoms with E-state index in [4.69, 9.17) is 4.74 Å². The summed E-state index contributed by atoms with van der Waals surface area (Å²) < 4.78 is 5.40. The molecular formula is C24H25N3O2S. The summed E-state index contributed by atoms with van der Waals surface area (Å²) >= 11 is 1.72. The third-order valence-electron chi connectivity index (χ3n) is 5.27. The van der Waals surface area contributed by atoms with Crippen molar-refractivity contribution < 1.29 is 9.53 Å². The molecule has 2 aliphatic heterocycles. The maximum Gasteiger partial charge on any atom is 0.280 e. The molecule has 0 N–H and O–H groups in total. The fraction of sp³-hybridized carbons (Fsp3) is 0.250. The standard InChI is InChI=1S/C24H25N3O2S/c1-5-17(23-16(3)25-27(24(23)28)18-10-8-7-9-11-18)14-22-26(6-2)20-15-19(29-4)12-13-21(20)30-22/h7-15H,5-6H2,1-4H3. The van der Waals surface area contributed by atoms with Crippen molar-refractivity contribution in [1.82, 2.24) is 0 Å². The first kappa shape index (κ1) is 20.3. The lowest BCUT2D eigenvalue weighted by Crippen LogP contribution is -2.22. The Morgan fingerprint density at radius 1 is 1.17 bits per heavy atom. The fourth-order valence-corrected chi connectivity index (χ4v) is 4.94. The van der Waals surface area contributed by atoms with Crippen LogP contribution in [0.1, 0.15) is 27.2 Å². The Bertz CT molecular complexity index is 1070. The molecule has 6 heteroatoms. The lowest BCUT2D eigenvalue weighted by molar-refractivity contribution is -0.114. The van der Waals surface area contributed by atoms with Crippen LogP contribution in [0.4, 0.5) is 11.4 Å². The summed E-state index contributed by atoms with van der Waals surface area (Å²) in [7, 11) is 1.68. The molecule has 154 valence electrons. The van der Waals surface area contributed by atoms with E-state index >= 15 is 0 Å². The first-order valence-electron chi connectivity index (χ1n) is 10.1. The zero-order chi connectivity index (χ0) is 21.3. The highest BCUT2D eigenvalue weighted by molar-refractivity contribution is 8.03. The molecule has 0 aromatic heterocycles. The maximum atomic E-state index is 13.2. The van der Waals surface area contributed by atoms with Gasteiger partial charge in [-0.15, -0.1) is 0 Å². The molecule has 4 rings (SSSR count). The molecule has 30 heavy (non-hydrogen) atoms. The number of thioether (sulfide) groups is 1. The number of para-hydroxylation sites is 1. The molecular weight excluding hydrogens is 394 g/mol. The third-order valence-corrected chi connectivity index (χ3v) is 6.38. The van der Waals surface area contributed by atoms with Gasteiger partial charge in [0.15, 0.2) is 0 Å². The van der Waals surface area contributed by atoms with E-state index in [0.717, 1.165) is 46.4 Å². The van der Waals surface area contributed by atoms with Gasteiger partial charge in [-0.25, -0.2) is 0 Å². The number of fused-ring (bicyclic) bond motifs is 1. The second-order valence-electron chi connectivity index (χ2n) is 7.05. The van der Waals surface area contributed by atoms with Gasteiger partial charge < -0.3 is 9.64 Å². The van der Waals surface area contributed by atoms with Crippen molar-refractivity contribution in [1.29, 1.82) is 0 Å². The monoisotopic (exact) mass is 419 g/mol. The SMILES string of the molecule is CCC(C=C1Sc2ccc(OC)cc2N1CC)=C1C(=O)N(c2ccccc2)N=C1C. The van der Waals surface area contributed by atoms with Gasteiger partial charge in [0, 0.05) is 17.5 Å². The summed E-state index contributed by atoms with van der Waals surface area (Å²) in [5, 5.41) is 7.15. The molecule has 0 aliphatic carbocycles. The highest BCUT2D eigenvalue weighted by atomic mass is 32.2. The quantitative estimate of drug-likeness (QED) is 0.592. The molecule has 2 aliphatic rings. The van der Waals surface area contributed by atoms with E-state index in [-0.39, 0.29) is 5.91 Å². The molecule has 2 aromatic rings. The largest absolute Gasteiger partial charge is 0.497 e. The molecule has 0 atom stereocenters. The number of carbonyl (C=O) groups is 1. The van der Waals surface area contributed by atoms with Crippen molar-refractivity contribution in [3.8, 4) is 5.75 Å². The van der Waals surface area contributed by atoms with Crippen LogP contribution in [0.3, 0.4) is 0 Å². The molecule has 2 aromatic carbocycles. The van der Waals surface area contributed by atoms with Crippen LogP contribution in [0.25, 0.3) is 0 Å². The number of hydrogen-bond acceptors (Lipinski definition) is 5.